The van der Waals surface area contributed by atoms with Gasteiger partial charge in [0.2, 0.25) is 0 Å². The van der Waals surface area contributed by atoms with Crippen molar-refractivity contribution in [1.82, 2.24) is 5.32 Å². The van der Waals surface area contributed by atoms with Crippen LogP contribution in [0, 0.1) is 0 Å². The zero-order valence-electron chi connectivity index (χ0n) is 18.6. The molecule has 0 heterocycles. The lowest BCUT2D eigenvalue weighted by atomic mass is 10.0. The van der Waals surface area contributed by atoms with E-state index in [0.29, 0.717) is 25.7 Å². The van der Waals surface area contributed by atoms with Crippen molar-refractivity contribution in [2.45, 2.75) is 58.6 Å². The minimum atomic E-state index is 0. The molecule has 0 radical (unpaired) electrons. The molecule has 4 nitrogen and oxygen atoms in total. The van der Waals surface area contributed by atoms with Gasteiger partial charge in [0.15, 0.2) is 0 Å². The molecule has 0 spiro atoms. The van der Waals surface area contributed by atoms with Crippen molar-refractivity contribution in [2.75, 3.05) is 26.4 Å². The van der Waals surface area contributed by atoms with Crippen LogP contribution in [0.4, 0.5) is 0 Å². The molecule has 2 aromatic carbocycles. The van der Waals surface area contributed by atoms with Gasteiger partial charge in [-0.15, -0.1) is 12.4 Å². The summed E-state index contributed by atoms with van der Waals surface area (Å²) in [5.41, 5.74) is 3.65. The Morgan fingerprint density at radius 1 is 0.933 bits per heavy atom. The highest BCUT2D eigenvalue weighted by molar-refractivity contribution is 5.85. The van der Waals surface area contributed by atoms with Crippen molar-refractivity contribution >= 4 is 12.4 Å². The highest BCUT2D eigenvalue weighted by Crippen LogP contribution is 2.49. The van der Waals surface area contributed by atoms with E-state index in [9.17, 15) is 0 Å². The van der Waals surface area contributed by atoms with Crippen LogP contribution in [0.15, 0.2) is 42.5 Å². The van der Waals surface area contributed by atoms with Crippen LogP contribution in [0.3, 0.4) is 0 Å². The maximum atomic E-state index is 5.99. The molecule has 1 fully saturated rings. The summed E-state index contributed by atoms with van der Waals surface area (Å²) in [4.78, 5) is 0. The van der Waals surface area contributed by atoms with Crippen LogP contribution in [0.2, 0.25) is 0 Å². The highest BCUT2D eigenvalue weighted by Gasteiger charge is 2.31. The second-order valence-electron chi connectivity index (χ2n) is 7.67. The van der Waals surface area contributed by atoms with Crippen molar-refractivity contribution in [3.05, 3.63) is 59.2 Å². The Hall–Kier alpha value is -1.75. The van der Waals surface area contributed by atoms with Gasteiger partial charge in [-0.2, -0.15) is 0 Å². The monoisotopic (exact) mass is 433 g/mol. The molecule has 1 saturated carbocycles. The molecule has 1 aliphatic carbocycles. The number of halogens is 1. The van der Waals surface area contributed by atoms with Crippen LogP contribution in [0.5, 0.6) is 11.5 Å². The summed E-state index contributed by atoms with van der Waals surface area (Å²) < 4.78 is 18.0. The summed E-state index contributed by atoms with van der Waals surface area (Å²) in [7, 11) is 0. The Kier molecular flexibility index (Phi) is 9.96. The van der Waals surface area contributed by atoms with Crippen LogP contribution in [-0.4, -0.2) is 26.4 Å². The predicted octanol–water partition coefficient (Wildman–Crippen LogP) is 6.21. The highest BCUT2D eigenvalue weighted by atomic mass is 35.5. The fraction of sp³-hybridized carbons (Fsp3) is 0.520. The summed E-state index contributed by atoms with van der Waals surface area (Å²) in [5.74, 6) is 2.56. The molecule has 30 heavy (non-hydrogen) atoms. The molecular weight excluding hydrogens is 398 g/mol. The van der Waals surface area contributed by atoms with E-state index in [2.05, 4.69) is 43.4 Å². The van der Waals surface area contributed by atoms with E-state index in [1.165, 1.54) is 29.5 Å². The molecule has 0 aliphatic heterocycles. The smallest absolute Gasteiger partial charge is 0.126 e. The average molecular weight is 434 g/mol. The quantitative estimate of drug-likeness (QED) is 0.404. The lowest BCUT2D eigenvalue weighted by Crippen LogP contribution is -2.24. The predicted molar refractivity (Wildman–Crippen MR) is 125 cm³/mol. The van der Waals surface area contributed by atoms with Gasteiger partial charge in [-0.1, -0.05) is 30.3 Å². The first-order chi connectivity index (χ1) is 14.1. The normalized spacial score (nSPS) is 15.2. The number of ether oxygens (including phenoxy) is 3. The maximum absolute atomic E-state index is 5.99. The van der Waals surface area contributed by atoms with E-state index >= 15 is 0 Å². The molecule has 0 amide bonds. The van der Waals surface area contributed by atoms with Crippen LogP contribution in [0.25, 0.3) is 0 Å². The molecule has 0 unspecified atom stereocenters. The van der Waals surface area contributed by atoms with E-state index in [1.807, 2.05) is 32.0 Å². The van der Waals surface area contributed by atoms with Gasteiger partial charge >= 0.3 is 0 Å². The second kappa shape index (κ2) is 12.2. The van der Waals surface area contributed by atoms with Gasteiger partial charge in [-0.25, -0.2) is 0 Å². The molecular formula is C25H36ClNO3. The topological polar surface area (TPSA) is 39.7 Å². The minimum Gasteiger partial charge on any atom is -0.493 e. The Labute approximate surface area is 187 Å². The first-order valence-electron chi connectivity index (χ1n) is 11.0. The lowest BCUT2D eigenvalue weighted by molar-refractivity contribution is 0.0666. The van der Waals surface area contributed by atoms with Crippen molar-refractivity contribution < 1.29 is 14.2 Å². The number of nitrogens with one attached hydrogen (secondary N) is 1. The Morgan fingerprint density at radius 3 is 2.07 bits per heavy atom. The summed E-state index contributed by atoms with van der Waals surface area (Å²) >= 11 is 0. The van der Waals surface area contributed by atoms with Gasteiger partial charge in [0.1, 0.15) is 11.5 Å². The zero-order valence-corrected chi connectivity index (χ0v) is 19.5. The van der Waals surface area contributed by atoms with E-state index in [0.717, 1.165) is 18.0 Å². The van der Waals surface area contributed by atoms with Gasteiger partial charge in [-0.3, -0.25) is 0 Å². The number of benzene rings is 2. The van der Waals surface area contributed by atoms with Gasteiger partial charge in [0.05, 0.1) is 25.9 Å². The van der Waals surface area contributed by atoms with Crippen LogP contribution in [-0.2, 0) is 4.74 Å². The second-order valence-corrected chi connectivity index (χ2v) is 7.67. The average Bonchev–Trinajstić information content (AvgIpc) is 3.57. The van der Waals surface area contributed by atoms with E-state index in [-0.39, 0.29) is 24.6 Å². The molecule has 1 N–H and O–H groups in total. The molecule has 5 heteroatoms. The first-order valence-corrected chi connectivity index (χ1v) is 11.0. The molecule has 3 rings (SSSR count). The molecule has 1 aliphatic rings. The third-order valence-electron chi connectivity index (χ3n) is 5.40. The van der Waals surface area contributed by atoms with Crippen molar-refractivity contribution in [3.63, 3.8) is 0 Å². The molecule has 166 valence electrons. The number of hydrogen-bond donors (Lipinski definition) is 1. The molecule has 0 saturated heterocycles. The van der Waals surface area contributed by atoms with Gasteiger partial charge in [0, 0.05) is 18.2 Å². The molecule has 2 aromatic rings. The van der Waals surface area contributed by atoms with Crippen LogP contribution in [0.1, 0.15) is 75.3 Å². The Bertz CT molecular complexity index is 737. The largest absolute Gasteiger partial charge is 0.493 e. The fourth-order valence-electron chi connectivity index (χ4n) is 3.64. The minimum absolute atomic E-state index is 0. The van der Waals surface area contributed by atoms with Crippen molar-refractivity contribution in [3.8, 4) is 11.5 Å². The van der Waals surface area contributed by atoms with Gasteiger partial charge < -0.3 is 19.5 Å². The molecule has 2 atom stereocenters. The summed E-state index contributed by atoms with van der Waals surface area (Å²) in [6.07, 6.45) is 2.55. The van der Waals surface area contributed by atoms with E-state index in [1.54, 1.807) is 0 Å². The summed E-state index contributed by atoms with van der Waals surface area (Å²) in [6, 6.07) is 14.9. The van der Waals surface area contributed by atoms with Crippen molar-refractivity contribution in [1.29, 1.82) is 0 Å². The van der Waals surface area contributed by atoms with Crippen LogP contribution < -0.4 is 14.8 Å². The summed E-state index contributed by atoms with van der Waals surface area (Å²) in [6.45, 7) is 11.1. The Morgan fingerprint density at radius 2 is 1.53 bits per heavy atom. The third-order valence-corrected chi connectivity index (χ3v) is 5.40. The Balaban J connectivity index is 0.00000320. The summed E-state index contributed by atoms with van der Waals surface area (Å²) in [5, 5.41) is 3.57. The molecule has 0 aromatic heterocycles. The SMILES string of the molecule is CCOc1cc([C@@H](C)NCCO[C@@H](C)c2ccccc2)cc(OCC)c1C1CC1.Cl. The zero-order chi connectivity index (χ0) is 20.6. The molecule has 0 bridgehead atoms. The van der Waals surface area contributed by atoms with Crippen molar-refractivity contribution in [2.24, 2.45) is 0 Å². The standard InChI is InChI=1S/C25H35NO3.ClH/c1-5-27-23-16-22(17-24(28-6-2)25(23)21-12-13-21)18(3)26-14-15-29-19(4)20-10-8-7-9-11-20;/h7-11,16-19,21,26H,5-6,12-15H2,1-4H3;1H/t18-,19+;/m1./s1. The van der Waals surface area contributed by atoms with Gasteiger partial charge in [-0.05, 0) is 69.7 Å². The first kappa shape index (κ1) is 24.5. The number of hydrogen-bond acceptors (Lipinski definition) is 4. The van der Waals surface area contributed by atoms with E-state index < -0.39 is 0 Å². The third kappa shape index (κ3) is 6.63. The fourth-order valence-corrected chi connectivity index (χ4v) is 3.64. The van der Waals surface area contributed by atoms with E-state index in [4.69, 9.17) is 14.2 Å². The lowest BCUT2D eigenvalue weighted by Gasteiger charge is -2.21. The van der Waals surface area contributed by atoms with Gasteiger partial charge in [0.25, 0.3) is 0 Å². The maximum Gasteiger partial charge on any atom is 0.126 e. The van der Waals surface area contributed by atoms with Crippen LogP contribution >= 0.6 is 12.4 Å². The number of rotatable bonds is 12.